The van der Waals surface area contributed by atoms with E-state index in [1.807, 2.05) is 0 Å². The number of aromatic carboxylic acids is 3. The SMILES string of the molecule is O=C([O-])c1ccc2c(c1)C(=O)c1cc(C(=O)[O-])c(C(=O)[O-])cc1C2=O. The molecule has 3 rings (SSSR count). The zero-order chi connectivity index (χ0) is 18.5. The fourth-order valence-corrected chi connectivity index (χ4v) is 2.66. The van der Waals surface area contributed by atoms with Crippen molar-refractivity contribution >= 4 is 29.5 Å². The third kappa shape index (κ3) is 2.36. The van der Waals surface area contributed by atoms with Crippen molar-refractivity contribution in [1.29, 1.82) is 0 Å². The summed E-state index contributed by atoms with van der Waals surface area (Å²) in [4.78, 5) is 58.2. The number of carbonyl (C=O) groups excluding carboxylic acids is 5. The molecule has 8 nitrogen and oxygen atoms in total. The van der Waals surface area contributed by atoms with E-state index in [2.05, 4.69) is 0 Å². The summed E-state index contributed by atoms with van der Waals surface area (Å²) in [5, 5.41) is 33.1. The molecule has 0 aliphatic heterocycles. The molecule has 0 amide bonds. The van der Waals surface area contributed by atoms with Gasteiger partial charge in [-0.25, -0.2) is 0 Å². The van der Waals surface area contributed by atoms with E-state index in [-0.39, 0.29) is 27.8 Å². The molecule has 0 atom stereocenters. The minimum absolute atomic E-state index is 0.131. The Hall–Kier alpha value is -3.81. The predicted molar refractivity (Wildman–Crippen MR) is 72.7 cm³/mol. The van der Waals surface area contributed by atoms with Crippen molar-refractivity contribution in [2.45, 2.75) is 0 Å². The average molecular weight is 337 g/mol. The van der Waals surface area contributed by atoms with Crippen LogP contribution in [0.4, 0.5) is 0 Å². The predicted octanol–water partition coefficient (Wildman–Crippen LogP) is -2.45. The Morgan fingerprint density at radius 3 is 1.48 bits per heavy atom. The summed E-state index contributed by atoms with van der Waals surface area (Å²) >= 11 is 0. The van der Waals surface area contributed by atoms with E-state index >= 15 is 0 Å². The van der Waals surface area contributed by atoms with Crippen LogP contribution in [0.15, 0.2) is 30.3 Å². The Bertz CT molecular complexity index is 1020. The molecule has 0 aromatic heterocycles. The molecule has 2 aromatic rings. The molecule has 0 bridgehead atoms. The number of benzene rings is 2. The van der Waals surface area contributed by atoms with Crippen molar-refractivity contribution in [2.24, 2.45) is 0 Å². The number of carbonyl (C=O) groups is 5. The summed E-state index contributed by atoms with van der Waals surface area (Å²) in [5.41, 5.74) is -3.01. The van der Waals surface area contributed by atoms with Gasteiger partial charge in [0.15, 0.2) is 11.6 Å². The highest BCUT2D eigenvalue weighted by Crippen LogP contribution is 2.30. The highest BCUT2D eigenvalue weighted by atomic mass is 16.4. The molecule has 0 saturated carbocycles. The van der Waals surface area contributed by atoms with Gasteiger partial charge in [0.1, 0.15) is 0 Å². The standard InChI is InChI=1S/C17H8O8/c18-13-7-2-1-6(15(20)21)3-8(7)14(19)10-5-12(17(24)25)11(16(22)23)4-9(10)13/h1-5H,(H,20,21)(H,22,23)(H,24,25)/p-3. The molecule has 8 heteroatoms. The van der Waals surface area contributed by atoms with E-state index in [1.54, 1.807) is 0 Å². The van der Waals surface area contributed by atoms with E-state index in [0.29, 0.717) is 6.07 Å². The molecule has 0 N–H and O–H groups in total. The lowest BCUT2D eigenvalue weighted by Crippen LogP contribution is -2.32. The molecule has 124 valence electrons. The molecule has 0 spiro atoms. The molecule has 25 heavy (non-hydrogen) atoms. The van der Waals surface area contributed by atoms with Gasteiger partial charge >= 0.3 is 0 Å². The smallest absolute Gasteiger partial charge is 0.194 e. The van der Waals surface area contributed by atoms with Crippen LogP contribution in [-0.2, 0) is 0 Å². The summed E-state index contributed by atoms with van der Waals surface area (Å²) < 4.78 is 0. The first-order valence-corrected chi connectivity index (χ1v) is 6.78. The number of carboxylic acid groups (broad SMARTS) is 3. The Morgan fingerprint density at radius 1 is 0.600 bits per heavy atom. The van der Waals surface area contributed by atoms with Crippen LogP contribution in [-0.4, -0.2) is 29.5 Å². The number of ketones is 2. The quantitative estimate of drug-likeness (QED) is 0.510. The number of hydrogen-bond acceptors (Lipinski definition) is 8. The van der Waals surface area contributed by atoms with Gasteiger partial charge in [-0.15, -0.1) is 0 Å². The van der Waals surface area contributed by atoms with Crippen LogP contribution in [0.5, 0.6) is 0 Å². The lowest BCUT2D eigenvalue weighted by molar-refractivity contribution is -0.259. The lowest BCUT2D eigenvalue weighted by Gasteiger charge is -2.21. The highest BCUT2D eigenvalue weighted by molar-refractivity contribution is 6.29. The fourth-order valence-electron chi connectivity index (χ4n) is 2.66. The Labute approximate surface area is 138 Å². The van der Waals surface area contributed by atoms with E-state index < -0.39 is 40.6 Å². The molecule has 1 aliphatic rings. The van der Waals surface area contributed by atoms with Crippen molar-refractivity contribution in [2.75, 3.05) is 0 Å². The molecule has 0 saturated heterocycles. The maximum Gasteiger partial charge on any atom is 0.194 e. The van der Waals surface area contributed by atoms with E-state index in [9.17, 15) is 39.3 Å². The summed E-state index contributed by atoms with van der Waals surface area (Å²) in [7, 11) is 0. The van der Waals surface area contributed by atoms with Gasteiger partial charge in [-0.1, -0.05) is 6.07 Å². The third-order valence-electron chi connectivity index (χ3n) is 3.83. The highest BCUT2D eigenvalue weighted by Gasteiger charge is 2.31. The van der Waals surface area contributed by atoms with Gasteiger partial charge in [0.2, 0.25) is 0 Å². The molecule has 1 aliphatic carbocycles. The van der Waals surface area contributed by atoms with Crippen molar-refractivity contribution in [1.82, 2.24) is 0 Å². The number of fused-ring (bicyclic) bond motifs is 2. The first-order chi connectivity index (χ1) is 11.7. The van der Waals surface area contributed by atoms with Gasteiger partial charge in [-0.05, 0) is 29.8 Å². The van der Waals surface area contributed by atoms with Crippen molar-refractivity contribution in [3.05, 3.63) is 69.3 Å². The second-order valence-electron chi connectivity index (χ2n) is 5.22. The zero-order valence-corrected chi connectivity index (χ0v) is 12.2. The van der Waals surface area contributed by atoms with E-state index in [1.165, 1.54) is 0 Å². The summed E-state index contributed by atoms with van der Waals surface area (Å²) in [6.45, 7) is 0. The van der Waals surface area contributed by atoms with E-state index in [0.717, 1.165) is 24.3 Å². The van der Waals surface area contributed by atoms with Crippen LogP contribution in [0, 0.1) is 0 Å². The van der Waals surface area contributed by atoms with Gasteiger partial charge in [-0.3, -0.25) is 9.59 Å². The molecule has 0 fully saturated rings. The maximum absolute atomic E-state index is 12.5. The summed E-state index contributed by atoms with van der Waals surface area (Å²) in [6.07, 6.45) is 0. The van der Waals surface area contributed by atoms with Crippen LogP contribution in [0.3, 0.4) is 0 Å². The normalized spacial score (nSPS) is 12.3. The third-order valence-corrected chi connectivity index (χ3v) is 3.83. The Balaban J connectivity index is 2.30. The monoisotopic (exact) mass is 337 g/mol. The second-order valence-corrected chi connectivity index (χ2v) is 5.22. The topological polar surface area (TPSA) is 155 Å². The van der Waals surface area contributed by atoms with E-state index in [4.69, 9.17) is 0 Å². The van der Waals surface area contributed by atoms with Crippen molar-refractivity contribution in [3.63, 3.8) is 0 Å². The second kappa shape index (κ2) is 5.38. The first kappa shape index (κ1) is 16.1. The Morgan fingerprint density at radius 2 is 1.04 bits per heavy atom. The number of carboxylic acids is 3. The minimum Gasteiger partial charge on any atom is -0.545 e. The number of rotatable bonds is 3. The fraction of sp³-hybridized carbons (Fsp3) is 0. The van der Waals surface area contributed by atoms with Gasteiger partial charge in [0, 0.05) is 33.4 Å². The lowest BCUT2D eigenvalue weighted by atomic mass is 9.81. The van der Waals surface area contributed by atoms with Gasteiger partial charge in [0.25, 0.3) is 0 Å². The summed E-state index contributed by atoms with van der Waals surface area (Å²) in [6, 6.07) is 4.57. The average Bonchev–Trinajstić information content (AvgIpc) is 2.57. The Kier molecular flexibility index (Phi) is 3.45. The van der Waals surface area contributed by atoms with Gasteiger partial charge in [-0.2, -0.15) is 0 Å². The molecule has 0 radical (unpaired) electrons. The minimum atomic E-state index is -1.86. The van der Waals surface area contributed by atoms with Crippen molar-refractivity contribution < 1.29 is 39.3 Å². The van der Waals surface area contributed by atoms with Crippen LogP contribution in [0.2, 0.25) is 0 Å². The molecular formula is C17H5O8-3. The number of hydrogen-bond donors (Lipinski definition) is 0. The van der Waals surface area contributed by atoms with Crippen LogP contribution < -0.4 is 15.3 Å². The summed E-state index contributed by atoms with van der Waals surface area (Å²) in [5.74, 6) is -6.84. The van der Waals surface area contributed by atoms with Gasteiger partial charge in [0.05, 0.1) is 17.9 Å². The largest absolute Gasteiger partial charge is 0.545 e. The van der Waals surface area contributed by atoms with Crippen LogP contribution in [0.1, 0.15) is 62.9 Å². The molecule has 0 unspecified atom stereocenters. The zero-order valence-electron chi connectivity index (χ0n) is 12.2. The molecule has 2 aromatic carbocycles. The first-order valence-electron chi connectivity index (χ1n) is 6.78. The molecule has 0 heterocycles. The molecular weight excluding hydrogens is 332 g/mol. The van der Waals surface area contributed by atoms with Gasteiger partial charge < -0.3 is 29.7 Å². The van der Waals surface area contributed by atoms with Crippen molar-refractivity contribution in [3.8, 4) is 0 Å². The van der Waals surface area contributed by atoms with Crippen LogP contribution in [0.25, 0.3) is 0 Å². The van der Waals surface area contributed by atoms with Crippen LogP contribution >= 0.6 is 0 Å². The maximum atomic E-state index is 12.5.